The molecular weight excluding hydrogens is 266 g/mol. The van der Waals surface area contributed by atoms with Crippen LogP contribution in [0.5, 0.6) is 0 Å². The third-order valence-corrected chi connectivity index (χ3v) is 5.78. The van der Waals surface area contributed by atoms with Gasteiger partial charge in [-0.3, -0.25) is 4.79 Å². The molecule has 3 amide bonds. The lowest BCUT2D eigenvalue weighted by Crippen LogP contribution is -2.48. The second kappa shape index (κ2) is 4.42. The third kappa shape index (κ3) is 1.93. The van der Waals surface area contributed by atoms with Crippen LogP contribution in [0.3, 0.4) is 0 Å². The van der Waals surface area contributed by atoms with Gasteiger partial charge in [-0.2, -0.15) is 5.10 Å². The summed E-state index contributed by atoms with van der Waals surface area (Å²) < 4.78 is 0. The summed E-state index contributed by atoms with van der Waals surface area (Å²) in [5, 5.41) is 7.85. The zero-order valence-corrected chi connectivity index (χ0v) is 13.1. The van der Waals surface area contributed by atoms with E-state index in [0.29, 0.717) is 17.8 Å². The fourth-order valence-electron chi connectivity index (χ4n) is 3.68. The van der Waals surface area contributed by atoms with Crippen LogP contribution in [0.15, 0.2) is 16.8 Å². The van der Waals surface area contributed by atoms with Gasteiger partial charge < -0.3 is 5.32 Å². The van der Waals surface area contributed by atoms with Crippen molar-refractivity contribution in [3.8, 4) is 0 Å². The first-order valence-corrected chi connectivity index (χ1v) is 7.70. The number of carbonyl (C=O) groups excluding carboxylic acids is 2. The molecule has 5 nitrogen and oxygen atoms in total. The molecule has 0 radical (unpaired) electrons. The first-order chi connectivity index (χ1) is 9.79. The molecular formula is C16H23N3O2. The minimum absolute atomic E-state index is 0.270. The fraction of sp³-hybridized carbons (Fsp3) is 0.688. The molecule has 1 heterocycles. The van der Waals surface area contributed by atoms with Crippen molar-refractivity contribution in [3.05, 3.63) is 11.6 Å². The van der Waals surface area contributed by atoms with Crippen LogP contribution in [0, 0.1) is 17.3 Å². The van der Waals surface area contributed by atoms with Gasteiger partial charge >= 0.3 is 6.03 Å². The Morgan fingerprint density at radius 3 is 2.67 bits per heavy atom. The standard InChI is InChI=1S/C16H23N3O2/c1-5-16(4)13(20)19(14(21)18-16)17-9-10-6-7-11-8-12(10)15(11,2)3/h6,9,11-12H,5,7-8H2,1-4H3,(H,18,21)/b17-9+. The third-order valence-electron chi connectivity index (χ3n) is 5.78. The van der Waals surface area contributed by atoms with Gasteiger partial charge in [-0.25, -0.2) is 4.79 Å². The average molecular weight is 289 g/mol. The summed E-state index contributed by atoms with van der Waals surface area (Å²) in [6.07, 6.45) is 6.73. The smallest absolute Gasteiger partial charge is 0.322 e. The van der Waals surface area contributed by atoms with Gasteiger partial charge in [0.25, 0.3) is 5.91 Å². The number of nitrogens with one attached hydrogen (secondary N) is 1. The molecule has 114 valence electrons. The minimum Gasteiger partial charge on any atom is -0.322 e. The van der Waals surface area contributed by atoms with Gasteiger partial charge in [0, 0.05) is 0 Å². The molecule has 2 fully saturated rings. The van der Waals surface area contributed by atoms with E-state index in [-0.39, 0.29) is 5.91 Å². The van der Waals surface area contributed by atoms with E-state index in [1.165, 1.54) is 6.42 Å². The van der Waals surface area contributed by atoms with Crippen LogP contribution in [-0.4, -0.2) is 28.7 Å². The maximum Gasteiger partial charge on any atom is 0.346 e. The summed E-state index contributed by atoms with van der Waals surface area (Å²) in [4.78, 5) is 24.2. The van der Waals surface area contributed by atoms with Gasteiger partial charge in [0.2, 0.25) is 0 Å². The Kier molecular flexibility index (Phi) is 3.01. The molecule has 2 bridgehead atoms. The van der Waals surface area contributed by atoms with E-state index in [0.717, 1.165) is 22.9 Å². The first-order valence-electron chi connectivity index (χ1n) is 7.70. The molecule has 21 heavy (non-hydrogen) atoms. The van der Waals surface area contributed by atoms with Crippen molar-refractivity contribution in [1.29, 1.82) is 0 Å². The van der Waals surface area contributed by atoms with Crippen LogP contribution in [0.1, 0.15) is 47.0 Å². The Morgan fingerprint density at radius 2 is 2.14 bits per heavy atom. The first kappa shape index (κ1) is 14.3. The molecule has 3 aliphatic carbocycles. The van der Waals surface area contributed by atoms with Crippen molar-refractivity contribution < 1.29 is 9.59 Å². The lowest BCUT2D eigenvalue weighted by molar-refractivity contribution is -0.130. The number of hydrazone groups is 1. The van der Waals surface area contributed by atoms with E-state index < -0.39 is 11.6 Å². The van der Waals surface area contributed by atoms with Gasteiger partial charge in [0.15, 0.2) is 0 Å². The van der Waals surface area contributed by atoms with Crippen LogP contribution < -0.4 is 5.32 Å². The zero-order chi connectivity index (χ0) is 15.4. The molecule has 4 rings (SSSR count). The SMILES string of the molecule is CCC1(C)NC(=O)N(/N=C/C2=CCC3CC2C3(C)C)C1=O. The summed E-state index contributed by atoms with van der Waals surface area (Å²) in [7, 11) is 0. The van der Waals surface area contributed by atoms with Crippen LogP contribution >= 0.6 is 0 Å². The number of hydrogen-bond acceptors (Lipinski definition) is 3. The summed E-state index contributed by atoms with van der Waals surface area (Å²) in [5.41, 5.74) is 0.648. The number of allylic oxidation sites excluding steroid dienone is 2. The second-order valence-electron chi connectivity index (χ2n) is 7.22. The zero-order valence-electron chi connectivity index (χ0n) is 13.1. The van der Waals surface area contributed by atoms with Crippen molar-refractivity contribution in [2.75, 3.05) is 0 Å². The highest BCUT2D eigenvalue weighted by Crippen LogP contribution is 2.58. The van der Waals surface area contributed by atoms with Crippen LogP contribution in [0.25, 0.3) is 0 Å². The maximum atomic E-state index is 12.3. The van der Waals surface area contributed by atoms with E-state index in [2.05, 4.69) is 30.3 Å². The molecule has 1 N–H and O–H groups in total. The number of nitrogens with zero attached hydrogens (tertiary/aromatic N) is 2. The van der Waals surface area contributed by atoms with Crippen molar-refractivity contribution in [3.63, 3.8) is 0 Å². The number of carbonyl (C=O) groups is 2. The number of fused-ring (bicyclic) bond motifs is 1. The van der Waals surface area contributed by atoms with E-state index in [9.17, 15) is 9.59 Å². The Morgan fingerprint density at radius 1 is 1.43 bits per heavy atom. The summed E-state index contributed by atoms with van der Waals surface area (Å²) in [6.45, 7) is 8.19. The number of urea groups is 1. The average Bonchev–Trinajstić information content (AvgIpc) is 2.67. The number of hydrogen-bond donors (Lipinski definition) is 1. The summed E-state index contributed by atoms with van der Waals surface area (Å²) in [6, 6.07) is -0.428. The fourth-order valence-corrected chi connectivity index (χ4v) is 3.68. The molecule has 0 aromatic rings. The van der Waals surface area contributed by atoms with E-state index in [1.54, 1.807) is 13.1 Å². The molecule has 1 saturated carbocycles. The predicted molar refractivity (Wildman–Crippen MR) is 80.6 cm³/mol. The monoisotopic (exact) mass is 289 g/mol. The van der Waals surface area contributed by atoms with Crippen molar-refractivity contribution in [1.82, 2.24) is 10.3 Å². The lowest BCUT2D eigenvalue weighted by Gasteiger charge is -2.55. The Labute approximate surface area is 125 Å². The highest BCUT2D eigenvalue weighted by molar-refractivity contribution is 6.07. The quantitative estimate of drug-likeness (QED) is 0.641. The Bertz CT molecular complexity index is 564. The van der Waals surface area contributed by atoms with Crippen molar-refractivity contribution >= 4 is 18.2 Å². The van der Waals surface area contributed by atoms with E-state index >= 15 is 0 Å². The predicted octanol–water partition coefficient (Wildman–Crippen LogP) is 2.69. The number of rotatable bonds is 3. The minimum atomic E-state index is -0.823. The summed E-state index contributed by atoms with van der Waals surface area (Å²) in [5.74, 6) is 0.992. The highest BCUT2D eigenvalue weighted by atomic mass is 16.2. The topological polar surface area (TPSA) is 61.8 Å². The molecule has 0 spiro atoms. The molecule has 1 saturated heterocycles. The maximum absolute atomic E-state index is 12.3. The molecule has 3 unspecified atom stereocenters. The second-order valence-corrected chi connectivity index (χ2v) is 7.22. The highest BCUT2D eigenvalue weighted by Gasteiger charge is 2.51. The van der Waals surface area contributed by atoms with Gasteiger partial charge in [-0.1, -0.05) is 26.8 Å². The van der Waals surface area contributed by atoms with Crippen molar-refractivity contribution in [2.45, 2.75) is 52.5 Å². The molecule has 5 heteroatoms. The molecule has 0 aromatic heterocycles. The lowest BCUT2D eigenvalue weighted by atomic mass is 9.49. The van der Waals surface area contributed by atoms with Crippen molar-refractivity contribution in [2.24, 2.45) is 22.4 Å². The van der Waals surface area contributed by atoms with Gasteiger partial charge in [-0.05, 0) is 49.0 Å². The van der Waals surface area contributed by atoms with Gasteiger partial charge in [-0.15, -0.1) is 5.01 Å². The van der Waals surface area contributed by atoms with Crippen LogP contribution in [0.2, 0.25) is 0 Å². The van der Waals surface area contributed by atoms with Gasteiger partial charge in [0.1, 0.15) is 5.54 Å². The van der Waals surface area contributed by atoms with Gasteiger partial charge in [0.05, 0.1) is 6.21 Å². The van der Waals surface area contributed by atoms with E-state index in [4.69, 9.17) is 0 Å². The van der Waals surface area contributed by atoms with Crippen LogP contribution in [-0.2, 0) is 4.79 Å². The molecule has 4 aliphatic rings. The van der Waals surface area contributed by atoms with E-state index in [1.807, 2.05) is 6.92 Å². The number of imide groups is 1. The number of amides is 3. The summed E-state index contributed by atoms with van der Waals surface area (Å²) >= 11 is 0. The largest absolute Gasteiger partial charge is 0.346 e. The Balaban J connectivity index is 1.77. The normalized spacial score (nSPS) is 37.5. The molecule has 3 atom stereocenters. The Hall–Kier alpha value is -1.65. The molecule has 1 aliphatic heterocycles. The molecule has 0 aromatic carbocycles. The van der Waals surface area contributed by atoms with Crippen LogP contribution in [0.4, 0.5) is 4.79 Å².